The highest BCUT2D eigenvalue weighted by Gasteiger charge is 2.23. The first kappa shape index (κ1) is 14.0. The fourth-order valence-corrected chi connectivity index (χ4v) is 2.60. The van der Waals surface area contributed by atoms with Gasteiger partial charge in [-0.2, -0.15) is 15.0 Å². The molecule has 3 aromatic heterocycles. The molecule has 0 amide bonds. The highest BCUT2D eigenvalue weighted by atomic mass is 16.4. The number of imidazole rings is 1. The number of nitrogens with zero attached hydrogens (tertiary/aromatic N) is 5. The van der Waals surface area contributed by atoms with Crippen LogP contribution in [0, 0.1) is 6.92 Å². The van der Waals surface area contributed by atoms with Gasteiger partial charge in [-0.25, -0.2) is 4.98 Å². The van der Waals surface area contributed by atoms with Crippen LogP contribution in [0.2, 0.25) is 0 Å². The summed E-state index contributed by atoms with van der Waals surface area (Å²) < 4.78 is 7.14. The van der Waals surface area contributed by atoms with Gasteiger partial charge in [0.25, 0.3) is 0 Å². The molecule has 1 aliphatic carbocycles. The molecule has 1 saturated carbocycles. The molecule has 0 spiro atoms. The first-order valence-electron chi connectivity index (χ1n) is 7.69. The van der Waals surface area contributed by atoms with E-state index in [2.05, 4.69) is 48.0 Å². The van der Waals surface area contributed by atoms with Crippen molar-refractivity contribution in [3.05, 3.63) is 41.6 Å². The van der Waals surface area contributed by atoms with E-state index in [4.69, 9.17) is 4.65 Å². The Kier molecular flexibility index (Phi) is 3.36. The first-order chi connectivity index (χ1) is 11.2. The summed E-state index contributed by atoms with van der Waals surface area (Å²) in [6.45, 7) is 2.35. The minimum absolute atomic E-state index is 0.309. The second kappa shape index (κ2) is 5.53. The van der Waals surface area contributed by atoms with E-state index in [1.54, 1.807) is 6.92 Å². The number of anilines is 1. The SMILES string of the molecule is BOc1nc(C)nc(NCc2cn3cc(C4CC4)ccc3n2)n1. The monoisotopic (exact) mass is 308 g/mol. The Morgan fingerprint density at radius 1 is 1.22 bits per heavy atom. The Balaban J connectivity index is 1.52. The van der Waals surface area contributed by atoms with Crippen molar-refractivity contribution < 1.29 is 4.65 Å². The van der Waals surface area contributed by atoms with Crippen molar-refractivity contribution in [1.82, 2.24) is 24.3 Å². The van der Waals surface area contributed by atoms with Crippen molar-refractivity contribution in [2.24, 2.45) is 0 Å². The van der Waals surface area contributed by atoms with Gasteiger partial charge in [-0.1, -0.05) is 6.07 Å². The third-order valence-corrected chi connectivity index (χ3v) is 3.91. The molecule has 0 aromatic carbocycles. The Morgan fingerprint density at radius 2 is 2.09 bits per heavy atom. The molecule has 4 rings (SSSR count). The molecule has 0 atom stereocenters. The molecule has 1 fully saturated rings. The Bertz CT molecular complexity index is 860. The molecule has 23 heavy (non-hydrogen) atoms. The van der Waals surface area contributed by atoms with Crippen LogP contribution in [-0.2, 0) is 6.54 Å². The average molecular weight is 308 g/mol. The second-order valence-corrected chi connectivity index (χ2v) is 5.78. The predicted octanol–water partition coefficient (Wildman–Crippen LogP) is 1.24. The third-order valence-electron chi connectivity index (χ3n) is 3.91. The number of hydrogen-bond acceptors (Lipinski definition) is 6. The van der Waals surface area contributed by atoms with Crippen LogP contribution in [-0.4, -0.2) is 32.4 Å². The van der Waals surface area contributed by atoms with E-state index in [-0.39, 0.29) is 0 Å². The summed E-state index contributed by atoms with van der Waals surface area (Å²) in [7, 11) is 1.54. The van der Waals surface area contributed by atoms with E-state index < -0.39 is 0 Å². The van der Waals surface area contributed by atoms with Gasteiger partial charge in [-0.15, -0.1) is 0 Å². The number of nitrogens with one attached hydrogen (secondary N) is 1. The number of aryl methyl sites for hydroxylation is 1. The number of rotatable bonds is 5. The minimum atomic E-state index is 0.309. The molecule has 116 valence electrons. The fraction of sp³-hybridized carbons (Fsp3) is 0.333. The van der Waals surface area contributed by atoms with E-state index in [1.807, 2.05) is 6.20 Å². The first-order valence-corrected chi connectivity index (χ1v) is 7.69. The molecule has 8 heteroatoms. The molecule has 0 unspecified atom stereocenters. The van der Waals surface area contributed by atoms with Gasteiger partial charge in [0, 0.05) is 12.4 Å². The maximum absolute atomic E-state index is 5.06. The zero-order valence-corrected chi connectivity index (χ0v) is 13.2. The highest BCUT2D eigenvalue weighted by molar-refractivity contribution is 5.99. The van der Waals surface area contributed by atoms with E-state index in [0.717, 1.165) is 17.3 Å². The van der Waals surface area contributed by atoms with Crippen molar-refractivity contribution in [3.63, 3.8) is 0 Å². The van der Waals surface area contributed by atoms with Crippen LogP contribution in [0.15, 0.2) is 24.5 Å². The third kappa shape index (κ3) is 2.97. The molecule has 1 N–H and O–H groups in total. The van der Waals surface area contributed by atoms with Gasteiger partial charge in [-0.05, 0) is 37.3 Å². The maximum Gasteiger partial charge on any atom is 0.326 e. The normalized spacial score (nSPS) is 14.1. The van der Waals surface area contributed by atoms with Gasteiger partial charge in [0.15, 0.2) is 0 Å². The lowest BCUT2D eigenvalue weighted by Crippen LogP contribution is -2.07. The van der Waals surface area contributed by atoms with E-state index in [0.29, 0.717) is 24.3 Å². The quantitative estimate of drug-likeness (QED) is 0.715. The maximum atomic E-state index is 5.06. The second-order valence-electron chi connectivity index (χ2n) is 5.78. The van der Waals surface area contributed by atoms with Crippen LogP contribution >= 0.6 is 0 Å². The van der Waals surface area contributed by atoms with E-state index >= 15 is 0 Å². The van der Waals surface area contributed by atoms with Crippen LogP contribution in [0.1, 0.15) is 35.8 Å². The van der Waals surface area contributed by atoms with Gasteiger partial charge in [-0.3, -0.25) is 0 Å². The largest absolute Gasteiger partial charge is 0.541 e. The van der Waals surface area contributed by atoms with E-state index in [9.17, 15) is 0 Å². The number of pyridine rings is 1. The van der Waals surface area contributed by atoms with Crippen molar-refractivity contribution in [3.8, 4) is 6.01 Å². The minimum Gasteiger partial charge on any atom is -0.541 e. The van der Waals surface area contributed by atoms with Crippen molar-refractivity contribution in [2.45, 2.75) is 32.2 Å². The topological polar surface area (TPSA) is 77.2 Å². The summed E-state index contributed by atoms with van der Waals surface area (Å²) in [5.74, 6) is 1.84. The molecular formula is C15H17BN6O. The predicted molar refractivity (Wildman–Crippen MR) is 88.2 cm³/mol. The lowest BCUT2D eigenvalue weighted by atomic mass is 10.2. The summed E-state index contributed by atoms with van der Waals surface area (Å²) in [6.07, 6.45) is 6.82. The lowest BCUT2D eigenvalue weighted by molar-refractivity contribution is 0.551. The summed E-state index contributed by atoms with van der Waals surface area (Å²) in [5.41, 5.74) is 3.29. The zero-order chi connectivity index (χ0) is 15.8. The van der Waals surface area contributed by atoms with E-state index in [1.165, 1.54) is 26.5 Å². The lowest BCUT2D eigenvalue weighted by Gasteiger charge is -2.05. The van der Waals surface area contributed by atoms with Gasteiger partial charge in [0.2, 0.25) is 5.95 Å². The molecule has 1 aliphatic rings. The van der Waals surface area contributed by atoms with Gasteiger partial charge < -0.3 is 14.4 Å². The number of hydrogen-bond donors (Lipinski definition) is 1. The van der Waals surface area contributed by atoms with Gasteiger partial charge in [0.1, 0.15) is 11.5 Å². The summed E-state index contributed by atoms with van der Waals surface area (Å²) in [6, 6.07) is 4.56. The Morgan fingerprint density at radius 3 is 2.87 bits per heavy atom. The number of aromatic nitrogens is 5. The smallest absolute Gasteiger partial charge is 0.326 e. The van der Waals surface area contributed by atoms with Crippen LogP contribution in [0.25, 0.3) is 5.65 Å². The standard InChI is InChI=1S/C15H17BN6O/c1-9-18-14(21-15(19-9)23-16)17-6-12-8-22-7-11(10-2-3-10)4-5-13(22)20-12/h4-5,7-8,10H,2-3,6,16H2,1H3,(H,17,18,19,21). The van der Waals surface area contributed by atoms with Crippen LogP contribution < -0.4 is 9.97 Å². The Hall–Kier alpha value is -2.64. The van der Waals surface area contributed by atoms with Gasteiger partial charge >= 0.3 is 14.1 Å². The summed E-state index contributed by atoms with van der Waals surface area (Å²) in [5, 5.41) is 3.17. The Labute approximate surface area is 134 Å². The van der Waals surface area contributed by atoms with Crippen LogP contribution in [0.5, 0.6) is 6.01 Å². The molecule has 0 bridgehead atoms. The van der Waals surface area contributed by atoms with Crippen molar-refractivity contribution in [2.75, 3.05) is 5.32 Å². The fourth-order valence-electron chi connectivity index (χ4n) is 2.60. The van der Waals surface area contributed by atoms with Crippen LogP contribution in [0.3, 0.4) is 0 Å². The molecule has 7 nitrogen and oxygen atoms in total. The molecule has 3 aromatic rings. The van der Waals surface area contributed by atoms with Crippen LogP contribution in [0.4, 0.5) is 5.95 Å². The van der Waals surface area contributed by atoms with Crippen molar-refractivity contribution in [1.29, 1.82) is 0 Å². The summed E-state index contributed by atoms with van der Waals surface area (Å²) in [4.78, 5) is 17.1. The summed E-state index contributed by atoms with van der Waals surface area (Å²) >= 11 is 0. The average Bonchev–Trinajstić information content (AvgIpc) is 3.31. The highest BCUT2D eigenvalue weighted by Crippen LogP contribution is 2.39. The van der Waals surface area contributed by atoms with Crippen molar-refractivity contribution >= 4 is 19.6 Å². The molecular weight excluding hydrogens is 291 g/mol. The van der Waals surface area contributed by atoms with Gasteiger partial charge in [0.05, 0.1) is 12.2 Å². The molecule has 0 radical (unpaired) electrons. The number of fused-ring (bicyclic) bond motifs is 1. The molecule has 0 saturated heterocycles. The molecule has 3 heterocycles. The molecule has 0 aliphatic heterocycles. The zero-order valence-electron chi connectivity index (χ0n) is 13.2.